The first-order valence-electron chi connectivity index (χ1n) is 11.3. The fraction of sp³-hybridized carbons (Fsp3) is 0.520. The van der Waals surface area contributed by atoms with E-state index < -0.39 is 35.7 Å². The second-order valence-electron chi connectivity index (χ2n) is 8.28. The molecule has 2 unspecified atom stereocenters. The number of hydrogen-bond donors (Lipinski definition) is 0. The molecule has 0 bridgehead atoms. The van der Waals surface area contributed by atoms with Crippen molar-refractivity contribution in [3.05, 3.63) is 47.8 Å². The number of alkyl halides is 2. The molecule has 1 aliphatic rings. The van der Waals surface area contributed by atoms with Gasteiger partial charge in [-0.1, -0.05) is 19.4 Å². The van der Waals surface area contributed by atoms with E-state index in [2.05, 4.69) is 11.7 Å². The molecular weight excluding hydrogens is 459 g/mol. The van der Waals surface area contributed by atoms with Crippen LogP contribution >= 0.6 is 11.8 Å². The molecule has 1 aliphatic heterocycles. The standard InChI is InChI=1S/C25H29F5O2S/c1-3-5-16-6-8-18(33-15-16)12-13-25(29,30)32-21-10-7-17(14-20(21)26)19-9-11-22(31-4-2)24(28)23(19)27/h7,9-11,14,16,18H,3-6,8,12-13,15H2,1-2H3. The van der Waals surface area contributed by atoms with Gasteiger partial charge in [-0.25, -0.2) is 8.78 Å². The van der Waals surface area contributed by atoms with Crippen molar-refractivity contribution in [2.75, 3.05) is 12.4 Å². The molecule has 0 spiro atoms. The molecule has 1 fully saturated rings. The summed E-state index contributed by atoms with van der Waals surface area (Å²) in [7, 11) is 0. The lowest BCUT2D eigenvalue weighted by Crippen LogP contribution is -2.27. The Labute approximate surface area is 195 Å². The van der Waals surface area contributed by atoms with Crippen molar-refractivity contribution in [2.24, 2.45) is 5.92 Å². The molecule has 3 rings (SSSR count). The minimum Gasteiger partial charge on any atom is -0.491 e. The Morgan fingerprint density at radius 2 is 1.73 bits per heavy atom. The van der Waals surface area contributed by atoms with Crippen LogP contribution in [0.2, 0.25) is 0 Å². The number of hydrogen-bond acceptors (Lipinski definition) is 3. The lowest BCUT2D eigenvalue weighted by molar-refractivity contribution is -0.182. The van der Waals surface area contributed by atoms with Crippen LogP contribution in [0.25, 0.3) is 11.1 Å². The first-order chi connectivity index (χ1) is 15.7. The third-order valence-electron chi connectivity index (χ3n) is 5.77. The third kappa shape index (κ3) is 6.78. The minimum absolute atomic E-state index is 0.00264. The number of rotatable bonds is 10. The summed E-state index contributed by atoms with van der Waals surface area (Å²) < 4.78 is 81.4. The first kappa shape index (κ1) is 25.7. The average molecular weight is 489 g/mol. The van der Waals surface area contributed by atoms with Crippen LogP contribution in [0.15, 0.2) is 30.3 Å². The topological polar surface area (TPSA) is 18.5 Å². The van der Waals surface area contributed by atoms with Crippen LogP contribution in [0.5, 0.6) is 11.5 Å². The van der Waals surface area contributed by atoms with E-state index in [-0.39, 0.29) is 35.2 Å². The molecule has 0 N–H and O–H groups in total. The lowest BCUT2D eigenvalue weighted by atomic mass is 9.97. The van der Waals surface area contributed by atoms with Crippen LogP contribution in [0.3, 0.4) is 0 Å². The highest BCUT2D eigenvalue weighted by atomic mass is 32.2. The molecule has 2 aromatic rings. The Hall–Kier alpha value is -1.96. The average Bonchev–Trinajstić information content (AvgIpc) is 2.78. The predicted octanol–water partition coefficient (Wildman–Crippen LogP) is 8.23. The van der Waals surface area contributed by atoms with Crippen molar-refractivity contribution in [2.45, 2.75) is 63.7 Å². The second kappa shape index (κ2) is 11.4. The maximum atomic E-state index is 14.5. The van der Waals surface area contributed by atoms with Gasteiger partial charge in [-0.05, 0) is 74.1 Å². The Kier molecular flexibility index (Phi) is 8.90. The zero-order valence-electron chi connectivity index (χ0n) is 18.8. The Balaban J connectivity index is 1.62. The largest absolute Gasteiger partial charge is 0.491 e. The summed E-state index contributed by atoms with van der Waals surface area (Å²) in [5.41, 5.74) is -0.202. The number of thioether (sulfide) groups is 1. The van der Waals surface area contributed by atoms with E-state index in [9.17, 15) is 22.0 Å². The molecule has 0 saturated carbocycles. The highest BCUT2D eigenvalue weighted by Crippen LogP contribution is 2.38. The molecule has 0 amide bonds. The van der Waals surface area contributed by atoms with Crippen LogP contribution in [-0.4, -0.2) is 23.7 Å². The van der Waals surface area contributed by atoms with Gasteiger partial charge >= 0.3 is 6.11 Å². The molecule has 33 heavy (non-hydrogen) atoms. The van der Waals surface area contributed by atoms with Gasteiger partial charge in [0.05, 0.1) is 13.0 Å². The Bertz CT molecular complexity index is 929. The number of ether oxygens (including phenoxy) is 2. The molecule has 0 aromatic heterocycles. The predicted molar refractivity (Wildman–Crippen MR) is 122 cm³/mol. The first-order valence-corrected chi connectivity index (χ1v) is 12.4. The lowest BCUT2D eigenvalue weighted by Gasteiger charge is -2.29. The maximum absolute atomic E-state index is 14.5. The summed E-state index contributed by atoms with van der Waals surface area (Å²) >= 11 is 1.73. The van der Waals surface area contributed by atoms with Gasteiger partial charge in [-0.3, -0.25) is 0 Å². The summed E-state index contributed by atoms with van der Waals surface area (Å²) in [4.78, 5) is 0. The normalized spacial score (nSPS) is 18.9. The van der Waals surface area contributed by atoms with E-state index in [1.54, 1.807) is 18.7 Å². The van der Waals surface area contributed by atoms with Crippen LogP contribution in [0.4, 0.5) is 22.0 Å². The van der Waals surface area contributed by atoms with Gasteiger partial charge in [0, 0.05) is 10.8 Å². The molecule has 2 nitrogen and oxygen atoms in total. The fourth-order valence-corrected chi connectivity index (χ4v) is 5.50. The minimum atomic E-state index is -3.53. The van der Waals surface area contributed by atoms with Gasteiger partial charge in [0.2, 0.25) is 5.82 Å². The number of benzene rings is 2. The maximum Gasteiger partial charge on any atom is 0.397 e. The van der Waals surface area contributed by atoms with E-state index in [1.165, 1.54) is 24.6 Å². The van der Waals surface area contributed by atoms with Gasteiger partial charge in [-0.2, -0.15) is 24.9 Å². The Morgan fingerprint density at radius 3 is 2.36 bits per heavy atom. The highest BCUT2D eigenvalue weighted by Gasteiger charge is 2.34. The van der Waals surface area contributed by atoms with Gasteiger partial charge < -0.3 is 9.47 Å². The van der Waals surface area contributed by atoms with E-state index in [4.69, 9.17) is 4.74 Å². The molecule has 1 heterocycles. The third-order valence-corrected chi connectivity index (χ3v) is 7.37. The zero-order chi connectivity index (χ0) is 24.0. The van der Waals surface area contributed by atoms with Crippen LogP contribution in [-0.2, 0) is 0 Å². The van der Waals surface area contributed by atoms with Gasteiger partial charge in [-0.15, -0.1) is 0 Å². The van der Waals surface area contributed by atoms with E-state index in [0.717, 1.165) is 37.1 Å². The SMILES string of the molecule is CCCC1CCC(CCC(F)(F)Oc2ccc(-c3ccc(OCC)c(F)c3F)cc2F)SC1. The van der Waals surface area contributed by atoms with Crippen molar-refractivity contribution in [1.29, 1.82) is 0 Å². The van der Waals surface area contributed by atoms with E-state index in [0.29, 0.717) is 5.92 Å². The monoisotopic (exact) mass is 488 g/mol. The van der Waals surface area contributed by atoms with Gasteiger partial charge in [0.25, 0.3) is 0 Å². The van der Waals surface area contributed by atoms with Crippen molar-refractivity contribution >= 4 is 11.8 Å². The summed E-state index contributed by atoms with van der Waals surface area (Å²) in [6.07, 6.45) is 0.499. The quantitative estimate of drug-likeness (QED) is 0.314. The molecule has 2 atom stereocenters. The Morgan fingerprint density at radius 1 is 0.970 bits per heavy atom. The molecular formula is C25H29F5O2S. The van der Waals surface area contributed by atoms with Crippen molar-refractivity contribution < 1.29 is 31.4 Å². The molecule has 2 aromatic carbocycles. The summed E-state index contributed by atoms with van der Waals surface area (Å²) in [6, 6.07) is 5.57. The molecule has 1 saturated heterocycles. The second-order valence-corrected chi connectivity index (χ2v) is 9.62. The summed E-state index contributed by atoms with van der Waals surface area (Å²) in [5.74, 6) is -2.70. The molecule has 0 aliphatic carbocycles. The van der Waals surface area contributed by atoms with Crippen LogP contribution in [0.1, 0.15) is 52.4 Å². The van der Waals surface area contributed by atoms with E-state index >= 15 is 0 Å². The summed E-state index contributed by atoms with van der Waals surface area (Å²) in [6.45, 7) is 3.93. The molecule has 8 heteroatoms. The van der Waals surface area contributed by atoms with Crippen molar-refractivity contribution in [1.82, 2.24) is 0 Å². The van der Waals surface area contributed by atoms with Crippen LogP contribution in [0, 0.1) is 23.4 Å². The fourth-order valence-electron chi connectivity index (χ4n) is 4.04. The van der Waals surface area contributed by atoms with Gasteiger partial charge in [0.15, 0.2) is 23.1 Å². The molecule has 182 valence electrons. The van der Waals surface area contributed by atoms with Crippen molar-refractivity contribution in [3.8, 4) is 22.6 Å². The smallest absolute Gasteiger partial charge is 0.397 e. The van der Waals surface area contributed by atoms with Gasteiger partial charge in [0.1, 0.15) is 0 Å². The zero-order valence-corrected chi connectivity index (χ0v) is 19.6. The molecule has 0 radical (unpaired) electrons. The number of halogens is 5. The van der Waals surface area contributed by atoms with Crippen molar-refractivity contribution in [3.63, 3.8) is 0 Å². The summed E-state index contributed by atoms with van der Waals surface area (Å²) in [5, 5.41) is 0.150. The highest BCUT2D eigenvalue weighted by molar-refractivity contribution is 7.99. The van der Waals surface area contributed by atoms with Crippen LogP contribution < -0.4 is 9.47 Å². The van der Waals surface area contributed by atoms with E-state index in [1.807, 2.05) is 0 Å².